The van der Waals surface area contributed by atoms with Crippen LogP contribution in [0.4, 0.5) is 11.4 Å². The molecule has 0 unspecified atom stereocenters. The smallest absolute Gasteiger partial charge is 0.255 e. The van der Waals surface area contributed by atoms with Gasteiger partial charge >= 0.3 is 0 Å². The third kappa shape index (κ3) is 4.46. The number of amides is 1. The number of methoxy groups -OCH3 is 2. The average Bonchev–Trinajstić information content (AvgIpc) is 2.68. The number of nitrogens with one attached hydrogen (secondary N) is 1. The Balaban J connectivity index is 1.84. The lowest BCUT2D eigenvalue weighted by molar-refractivity contribution is 0.102. The number of nitrogens with zero attached hydrogens (tertiary/aromatic N) is 2. The molecule has 6 nitrogen and oxygen atoms in total. The standard InChI is InChI=1S/C20H24ClN3O3/c1-23-8-10-24(11-9-23)17-6-5-15(21)13-16(17)22-20(25)14-4-7-18(26-2)19(12-14)27-3/h4-7,12-13H,8-11H2,1-3H3,(H,22,25). The second-order valence-corrected chi connectivity index (χ2v) is 6.91. The summed E-state index contributed by atoms with van der Waals surface area (Å²) in [5, 5.41) is 3.57. The molecule has 144 valence electrons. The molecule has 7 heteroatoms. The van der Waals surface area contributed by atoms with Gasteiger partial charge in [0.1, 0.15) is 0 Å². The molecular weight excluding hydrogens is 366 g/mol. The van der Waals surface area contributed by atoms with Crippen molar-refractivity contribution in [3.05, 3.63) is 47.0 Å². The Morgan fingerprint density at radius 3 is 2.37 bits per heavy atom. The number of halogens is 1. The fourth-order valence-electron chi connectivity index (χ4n) is 3.10. The molecule has 0 bridgehead atoms. The maximum Gasteiger partial charge on any atom is 0.255 e. The summed E-state index contributed by atoms with van der Waals surface area (Å²) in [5.41, 5.74) is 2.16. The van der Waals surface area contributed by atoms with Crippen LogP contribution in [0, 0.1) is 0 Å². The van der Waals surface area contributed by atoms with Crippen molar-refractivity contribution in [1.82, 2.24) is 4.90 Å². The molecule has 3 rings (SSSR count). The van der Waals surface area contributed by atoms with E-state index in [0.29, 0.717) is 27.8 Å². The van der Waals surface area contributed by atoms with E-state index in [-0.39, 0.29) is 5.91 Å². The minimum Gasteiger partial charge on any atom is -0.493 e. The van der Waals surface area contributed by atoms with Crippen LogP contribution in [0.3, 0.4) is 0 Å². The van der Waals surface area contributed by atoms with Crippen LogP contribution >= 0.6 is 11.6 Å². The fraction of sp³-hybridized carbons (Fsp3) is 0.350. The molecule has 0 saturated carbocycles. The zero-order valence-electron chi connectivity index (χ0n) is 15.8. The molecular formula is C20H24ClN3O3. The quantitative estimate of drug-likeness (QED) is 0.849. The predicted molar refractivity (Wildman–Crippen MR) is 109 cm³/mol. The Kier molecular flexibility index (Phi) is 6.08. The third-order valence-corrected chi connectivity index (χ3v) is 4.93. The predicted octanol–water partition coefficient (Wildman–Crippen LogP) is 3.36. The highest BCUT2D eigenvalue weighted by Crippen LogP contribution is 2.32. The summed E-state index contributed by atoms with van der Waals surface area (Å²) in [7, 11) is 5.22. The number of benzene rings is 2. The number of piperazine rings is 1. The van der Waals surface area contributed by atoms with Crippen LogP contribution in [0.25, 0.3) is 0 Å². The maximum absolute atomic E-state index is 12.8. The van der Waals surface area contributed by atoms with Gasteiger partial charge in [0.2, 0.25) is 0 Å². The monoisotopic (exact) mass is 389 g/mol. The second kappa shape index (κ2) is 8.50. The lowest BCUT2D eigenvalue weighted by atomic mass is 10.1. The first kappa shape index (κ1) is 19.3. The topological polar surface area (TPSA) is 54.0 Å². The SMILES string of the molecule is COc1ccc(C(=O)Nc2cc(Cl)ccc2N2CCN(C)CC2)cc1OC. The molecule has 0 aromatic heterocycles. The van der Waals surface area contributed by atoms with Crippen LogP contribution < -0.4 is 19.7 Å². The van der Waals surface area contributed by atoms with Crippen molar-refractivity contribution in [2.75, 3.05) is 57.7 Å². The molecule has 0 spiro atoms. The highest BCUT2D eigenvalue weighted by atomic mass is 35.5. The van der Waals surface area contributed by atoms with Gasteiger partial charge in [-0.25, -0.2) is 0 Å². The number of likely N-dealkylation sites (N-methyl/N-ethyl adjacent to an activating group) is 1. The zero-order valence-corrected chi connectivity index (χ0v) is 16.5. The molecule has 1 aliphatic heterocycles. The Hall–Kier alpha value is -2.44. The minimum atomic E-state index is -0.228. The molecule has 1 heterocycles. The largest absolute Gasteiger partial charge is 0.493 e. The molecule has 1 fully saturated rings. The van der Waals surface area contributed by atoms with Crippen LogP contribution in [0.5, 0.6) is 11.5 Å². The first-order valence-electron chi connectivity index (χ1n) is 8.78. The van der Waals surface area contributed by atoms with E-state index in [4.69, 9.17) is 21.1 Å². The van der Waals surface area contributed by atoms with Gasteiger partial charge in [0, 0.05) is 36.8 Å². The van der Waals surface area contributed by atoms with Crippen molar-refractivity contribution >= 4 is 28.9 Å². The van der Waals surface area contributed by atoms with Crippen LogP contribution in [0.1, 0.15) is 10.4 Å². The Morgan fingerprint density at radius 2 is 1.70 bits per heavy atom. The second-order valence-electron chi connectivity index (χ2n) is 6.48. The number of carbonyl (C=O) groups excluding carboxylic acids is 1. The van der Waals surface area contributed by atoms with Gasteiger partial charge in [-0.05, 0) is 43.4 Å². The first-order chi connectivity index (χ1) is 13.0. The molecule has 1 amide bonds. The Bertz CT molecular complexity index is 820. The van der Waals surface area contributed by atoms with Gasteiger partial charge in [-0.15, -0.1) is 0 Å². The molecule has 0 radical (unpaired) electrons. The molecule has 0 aliphatic carbocycles. The van der Waals surface area contributed by atoms with E-state index in [1.54, 1.807) is 38.5 Å². The highest BCUT2D eigenvalue weighted by molar-refractivity contribution is 6.31. The zero-order chi connectivity index (χ0) is 19.4. The number of carbonyl (C=O) groups is 1. The average molecular weight is 390 g/mol. The van der Waals surface area contributed by atoms with Gasteiger partial charge in [-0.2, -0.15) is 0 Å². The summed E-state index contributed by atoms with van der Waals surface area (Å²) < 4.78 is 10.5. The van der Waals surface area contributed by atoms with Gasteiger partial charge in [-0.3, -0.25) is 4.79 Å². The van der Waals surface area contributed by atoms with Gasteiger partial charge in [0.25, 0.3) is 5.91 Å². The van der Waals surface area contributed by atoms with Gasteiger partial charge in [0.05, 0.1) is 25.6 Å². The molecule has 1 saturated heterocycles. The van der Waals surface area contributed by atoms with Gasteiger partial charge < -0.3 is 24.6 Å². The Labute approximate surface area is 164 Å². The van der Waals surface area contributed by atoms with Gasteiger partial charge in [-0.1, -0.05) is 11.6 Å². The summed E-state index contributed by atoms with van der Waals surface area (Å²) >= 11 is 6.18. The van der Waals surface area contributed by atoms with Crippen LogP contribution in [-0.4, -0.2) is 58.3 Å². The lowest BCUT2D eigenvalue weighted by Gasteiger charge is -2.35. The molecule has 1 aliphatic rings. The molecule has 1 N–H and O–H groups in total. The van der Waals surface area contributed by atoms with E-state index in [1.807, 2.05) is 12.1 Å². The summed E-state index contributed by atoms with van der Waals surface area (Å²) in [5.74, 6) is 0.860. The third-order valence-electron chi connectivity index (χ3n) is 4.70. The van der Waals surface area contributed by atoms with Gasteiger partial charge in [0.15, 0.2) is 11.5 Å². The summed E-state index contributed by atoms with van der Waals surface area (Å²) in [6.45, 7) is 3.76. The number of anilines is 2. The summed E-state index contributed by atoms with van der Waals surface area (Å²) in [4.78, 5) is 17.4. The van der Waals surface area contributed by atoms with E-state index in [1.165, 1.54) is 0 Å². The van der Waals surface area contributed by atoms with Crippen molar-refractivity contribution in [2.45, 2.75) is 0 Å². The van der Waals surface area contributed by atoms with Crippen LogP contribution in [0.2, 0.25) is 5.02 Å². The van der Waals surface area contributed by atoms with E-state index >= 15 is 0 Å². The van der Waals surface area contributed by atoms with E-state index in [9.17, 15) is 4.79 Å². The van der Waals surface area contributed by atoms with Crippen LogP contribution in [-0.2, 0) is 0 Å². The molecule has 2 aromatic rings. The number of ether oxygens (including phenoxy) is 2. The molecule has 2 aromatic carbocycles. The number of rotatable bonds is 5. The highest BCUT2D eigenvalue weighted by Gasteiger charge is 2.19. The number of hydrogen-bond acceptors (Lipinski definition) is 5. The van der Waals surface area contributed by atoms with Crippen molar-refractivity contribution in [3.63, 3.8) is 0 Å². The van der Waals surface area contributed by atoms with Crippen molar-refractivity contribution < 1.29 is 14.3 Å². The summed E-state index contributed by atoms with van der Waals surface area (Å²) in [6.07, 6.45) is 0. The van der Waals surface area contributed by atoms with E-state index in [2.05, 4.69) is 22.2 Å². The van der Waals surface area contributed by atoms with Crippen LogP contribution in [0.15, 0.2) is 36.4 Å². The summed E-state index contributed by atoms with van der Waals surface area (Å²) in [6, 6.07) is 10.7. The molecule has 0 atom stereocenters. The van der Waals surface area contributed by atoms with Crippen molar-refractivity contribution in [3.8, 4) is 11.5 Å². The van der Waals surface area contributed by atoms with E-state index in [0.717, 1.165) is 31.9 Å². The number of hydrogen-bond donors (Lipinski definition) is 1. The first-order valence-corrected chi connectivity index (χ1v) is 9.16. The lowest BCUT2D eigenvalue weighted by Crippen LogP contribution is -2.44. The fourth-order valence-corrected chi connectivity index (χ4v) is 3.28. The maximum atomic E-state index is 12.8. The molecule has 27 heavy (non-hydrogen) atoms. The minimum absolute atomic E-state index is 0.228. The van der Waals surface area contributed by atoms with E-state index < -0.39 is 0 Å². The van der Waals surface area contributed by atoms with Crippen molar-refractivity contribution in [1.29, 1.82) is 0 Å². The normalized spacial score (nSPS) is 14.7. The Morgan fingerprint density at radius 1 is 1.00 bits per heavy atom. The van der Waals surface area contributed by atoms with Crippen molar-refractivity contribution in [2.24, 2.45) is 0 Å².